The minimum Gasteiger partial charge on any atom is -0.383 e. The molecule has 2 heterocycles. The maximum absolute atomic E-state index is 11.2. The predicted molar refractivity (Wildman–Crippen MR) is 108 cm³/mol. The van der Waals surface area contributed by atoms with Gasteiger partial charge in [0.05, 0.1) is 12.2 Å². The molecule has 1 unspecified atom stereocenters. The molecule has 0 bridgehead atoms. The van der Waals surface area contributed by atoms with Crippen LogP contribution >= 0.6 is 0 Å². The number of aliphatic imine (C=N–C) groups is 1. The van der Waals surface area contributed by atoms with Gasteiger partial charge in [0.1, 0.15) is 11.9 Å². The van der Waals surface area contributed by atoms with E-state index in [1.165, 1.54) is 5.56 Å². The van der Waals surface area contributed by atoms with Gasteiger partial charge in [-0.2, -0.15) is 0 Å². The molecule has 2 N–H and O–H groups in total. The number of rotatable bonds is 5. The number of benzene rings is 1. The fraction of sp³-hybridized carbons (Fsp3) is 0.524. The van der Waals surface area contributed by atoms with Gasteiger partial charge in [-0.25, -0.2) is 4.99 Å². The van der Waals surface area contributed by atoms with Crippen molar-refractivity contribution >= 4 is 5.96 Å². The molecule has 1 aliphatic heterocycles. The Hall–Kier alpha value is -2.38. The van der Waals surface area contributed by atoms with Crippen molar-refractivity contribution in [2.75, 3.05) is 39.3 Å². The lowest BCUT2D eigenvalue weighted by Crippen LogP contribution is -2.52. The second-order valence-electron chi connectivity index (χ2n) is 7.61. The maximum Gasteiger partial charge on any atom is 0.194 e. The largest absolute Gasteiger partial charge is 0.383 e. The summed E-state index contributed by atoms with van der Waals surface area (Å²) in [6, 6.07) is 10.1. The molecule has 28 heavy (non-hydrogen) atoms. The lowest BCUT2D eigenvalue weighted by atomic mass is 9.96. The summed E-state index contributed by atoms with van der Waals surface area (Å²) < 4.78 is 4.92. The Kier molecular flexibility index (Phi) is 5.64. The average molecular weight is 383 g/mol. The zero-order valence-electron chi connectivity index (χ0n) is 16.5. The van der Waals surface area contributed by atoms with Crippen LogP contribution in [0, 0.1) is 0 Å². The summed E-state index contributed by atoms with van der Waals surface area (Å²) in [6.45, 7) is 7.80. The number of piperazine rings is 1. The van der Waals surface area contributed by atoms with Gasteiger partial charge >= 0.3 is 0 Å². The minimum atomic E-state index is -0.855. The molecule has 4 rings (SSSR count). The molecule has 1 saturated heterocycles. The molecule has 1 aliphatic carbocycles. The number of nitrogens with zero attached hydrogens (tertiary/aromatic N) is 4. The molecule has 0 amide bonds. The molecule has 2 aliphatic rings. The molecule has 150 valence electrons. The minimum absolute atomic E-state index is 0.394. The second kappa shape index (κ2) is 8.32. The van der Waals surface area contributed by atoms with E-state index in [9.17, 15) is 5.11 Å². The fourth-order valence-corrected chi connectivity index (χ4v) is 4.13. The van der Waals surface area contributed by atoms with Crippen LogP contribution in [0.4, 0.5) is 0 Å². The lowest BCUT2D eigenvalue weighted by molar-refractivity contribution is 0.0481. The van der Waals surface area contributed by atoms with Gasteiger partial charge in [0.25, 0.3) is 0 Å². The summed E-state index contributed by atoms with van der Waals surface area (Å²) in [7, 11) is 0. The number of hydrogen-bond acceptors (Lipinski definition) is 5. The van der Waals surface area contributed by atoms with Crippen LogP contribution in [0.5, 0.6) is 0 Å². The molecule has 7 nitrogen and oxygen atoms in total. The van der Waals surface area contributed by atoms with Gasteiger partial charge in [-0.1, -0.05) is 29.4 Å². The monoisotopic (exact) mass is 383 g/mol. The summed E-state index contributed by atoms with van der Waals surface area (Å²) in [4.78, 5) is 9.48. The van der Waals surface area contributed by atoms with Crippen molar-refractivity contribution < 1.29 is 9.63 Å². The van der Waals surface area contributed by atoms with Gasteiger partial charge in [0.15, 0.2) is 5.96 Å². The number of nitrogens with one attached hydrogen (secondary N) is 1. The Balaban J connectivity index is 1.39. The molecular weight excluding hydrogens is 354 g/mol. The molecular formula is C21H29N5O2. The van der Waals surface area contributed by atoms with Crippen molar-refractivity contribution in [1.29, 1.82) is 0 Å². The third-order valence-corrected chi connectivity index (χ3v) is 5.70. The van der Waals surface area contributed by atoms with Crippen LogP contribution in [0.15, 0.2) is 46.1 Å². The number of aryl methyl sites for hydroxylation is 1. The molecule has 1 aromatic heterocycles. The summed E-state index contributed by atoms with van der Waals surface area (Å²) in [5.41, 5.74) is 2.39. The van der Waals surface area contributed by atoms with Gasteiger partial charge in [-0.15, -0.1) is 0 Å². The maximum atomic E-state index is 11.2. The van der Waals surface area contributed by atoms with Crippen LogP contribution in [-0.2, 0) is 18.6 Å². The van der Waals surface area contributed by atoms with Crippen LogP contribution in [0.2, 0.25) is 0 Å². The standard InChI is InChI=1S/C21H29N5O2/c1-2-22-20(23-16-21(27)9-7-17-5-3-4-6-19(17)21)26-12-10-25(11-13-26)15-18-8-14-28-24-18/h3-6,8,14,27H,2,7,9-13,15-16H2,1H3,(H,22,23). The highest BCUT2D eigenvalue weighted by molar-refractivity contribution is 5.80. The Morgan fingerprint density at radius 1 is 1.25 bits per heavy atom. The van der Waals surface area contributed by atoms with Gasteiger partial charge in [-0.3, -0.25) is 4.90 Å². The first-order valence-corrected chi connectivity index (χ1v) is 10.1. The Morgan fingerprint density at radius 2 is 2.07 bits per heavy atom. The molecule has 7 heteroatoms. The van der Waals surface area contributed by atoms with E-state index in [4.69, 9.17) is 9.52 Å². The smallest absolute Gasteiger partial charge is 0.194 e. The van der Waals surface area contributed by atoms with Crippen molar-refractivity contribution in [3.63, 3.8) is 0 Å². The van der Waals surface area contributed by atoms with Crippen LogP contribution in [-0.4, -0.2) is 65.3 Å². The Bertz CT molecular complexity index is 799. The summed E-state index contributed by atoms with van der Waals surface area (Å²) in [5, 5.41) is 18.6. The average Bonchev–Trinajstić information content (AvgIpc) is 3.35. The molecule has 2 aromatic rings. The highest BCUT2D eigenvalue weighted by atomic mass is 16.5. The summed E-state index contributed by atoms with van der Waals surface area (Å²) >= 11 is 0. The molecule has 1 fully saturated rings. The highest BCUT2D eigenvalue weighted by Gasteiger charge is 2.36. The van der Waals surface area contributed by atoms with E-state index in [2.05, 4.69) is 33.3 Å². The number of aliphatic hydroxyl groups is 1. The van der Waals surface area contributed by atoms with Crippen molar-refractivity contribution in [2.24, 2.45) is 4.99 Å². The molecule has 0 saturated carbocycles. The first kappa shape index (κ1) is 19.0. The Labute approximate surface area is 166 Å². The first-order valence-electron chi connectivity index (χ1n) is 10.1. The zero-order chi connectivity index (χ0) is 19.4. The van der Waals surface area contributed by atoms with Crippen molar-refractivity contribution in [3.05, 3.63) is 53.4 Å². The number of hydrogen-bond donors (Lipinski definition) is 2. The number of aromatic nitrogens is 1. The number of fused-ring (bicyclic) bond motifs is 1. The third kappa shape index (κ3) is 4.05. The normalized spacial score (nSPS) is 23.1. The quantitative estimate of drug-likeness (QED) is 0.603. The van der Waals surface area contributed by atoms with E-state index in [0.717, 1.165) is 69.3 Å². The van der Waals surface area contributed by atoms with Gasteiger partial charge in [-0.05, 0) is 30.9 Å². The number of guanidine groups is 1. The molecule has 0 radical (unpaired) electrons. The summed E-state index contributed by atoms with van der Waals surface area (Å²) in [5.74, 6) is 0.890. The van der Waals surface area contributed by atoms with Gasteiger partial charge in [0.2, 0.25) is 0 Å². The topological polar surface area (TPSA) is 77.1 Å². The highest BCUT2D eigenvalue weighted by Crippen LogP contribution is 2.36. The van der Waals surface area contributed by atoms with Crippen molar-refractivity contribution in [1.82, 2.24) is 20.3 Å². The van der Waals surface area contributed by atoms with E-state index in [1.807, 2.05) is 24.3 Å². The van der Waals surface area contributed by atoms with E-state index in [1.54, 1.807) is 6.26 Å². The van der Waals surface area contributed by atoms with Crippen molar-refractivity contribution in [2.45, 2.75) is 31.9 Å². The van der Waals surface area contributed by atoms with Crippen LogP contribution in [0.25, 0.3) is 0 Å². The molecule has 0 spiro atoms. The molecule has 1 atom stereocenters. The SMILES string of the molecule is CCNC(=NCC1(O)CCc2ccccc21)N1CCN(Cc2ccon2)CC1. The van der Waals surface area contributed by atoms with E-state index in [-0.39, 0.29) is 0 Å². The van der Waals surface area contributed by atoms with Crippen LogP contribution in [0.3, 0.4) is 0 Å². The zero-order valence-corrected chi connectivity index (χ0v) is 16.5. The van der Waals surface area contributed by atoms with E-state index >= 15 is 0 Å². The van der Waals surface area contributed by atoms with E-state index < -0.39 is 5.60 Å². The first-order chi connectivity index (χ1) is 13.7. The van der Waals surface area contributed by atoms with E-state index in [0.29, 0.717) is 6.54 Å². The lowest BCUT2D eigenvalue weighted by Gasteiger charge is -2.36. The predicted octanol–water partition coefficient (Wildman–Crippen LogP) is 1.59. The van der Waals surface area contributed by atoms with Gasteiger partial charge in [0, 0.05) is 45.3 Å². The third-order valence-electron chi connectivity index (χ3n) is 5.70. The van der Waals surface area contributed by atoms with Crippen LogP contribution < -0.4 is 5.32 Å². The van der Waals surface area contributed by atoms with Gasteiger partial charge < -0.3 is 19.8 Å². The van der Waals surface area contributed by atoms with Crippen molar-refractivity contribution in [3.8, 4) is 0 Å². The second-order valence-corrected chi connectivity index (χ2v) is 7.61. The van der Waals surface area contributed by atoms with Crippen LogP contribution in [0.1, 0.15) is 30.2 Å². The fourth-order valence-electron chi connectivity index (χ4n) is 4.13. The Morgan fingerprint density at radius 3 is 2.82 bits per heavy atom. The molecule has 1 aromatic carbocycles. The summed E-state index contributed by atoms with van der Waals surface area (Å²) in [6.07, 6.45) is 3.27.